The molecular weight excluding hydrogens is 280 g/mol. The van der Waals surface area contributed by atoms with E-state index < -0.39 is 0 Å². The Bertz CT molecular complexity index is 586. The van der Waals surface area contributed by atoms with Crippen LogP contribution < -0.4 is 10.1 Å². The largest absolute Gasteiger partial charge is 0.493 e. The number of nitrogens with zero attached hydrogens (tertiary/aromatic N) is 1. The molecule has 0 radical (unpaired) electrons. The summed E-state index contributed by atoms with van der Waals surface area (Å²) in [4.78, 5) is 4.55. The van der Waals surface area contributed by atoms with Crippen LogP contribution in [0, 0.1) is 0 Å². The zero-order chi connectivity index (χ0) is 14.3. The number of rotatable bonds is 5. The molecule has 0 amide bonds. The topological polar surface area (TPSA) is 33.6 Å². The Balaban J connectivity index is 1.39. The number of hydrogen-bond donors (Lipinski definition) is 1. The molecule has 3 rings (SSSR count). The van der Waals surface area contributed by atoms with Gasteiger partial charge in [-0.15, -0.1) is 0 Å². The van der Waals surface area contributed by atoms with Crippen molar-refractivity contribution < 1.29 is 4.74 Å². The molecular formula is C17H18N2OS. The van der Waals surface area contributed by atoms with E-state index in [0.29, 0.717) is 12.6 Å². The van der Waals surface area contributed by atoms with Crippen molar-refractivity contribution >= 4 is 16.9 Å². The molecule has 2 aromatic rings. The second-order valence-corrected chi connectivity index (χ2v) is 5.85. The standard InChI is InChI=1S/C17H18N2OS/c1-3-7-14(8-4-1)16-13-18-17(19-16)21-12-11-20-15-9-5-2-6-10-15/h1-10,16H,11-13H2,(H,18,19). The van der Waals surface area contributed by atoms with Crippen LogP contribution in [0.25, 0.3) is 0 Å². The molecule has 1 N–H and O–H groups in total. The fraction of sp³-hybridized carbons (Fsp3) is 0.235. The van der Waals surface area contributed by atoms with E-state index in [1.807, 2.05) is 36.4 Å². The molecule has 0 bridgehead atoms. The maximum Gasteiger partial charge on any atom is 0.157 e. The first kappa shape index (κ1) is 14.0. The van der Waals surface area contributed by atoms with Crippen molar-refractivity contribution in [2.45, 2.75) is 6.04 Å². The number of aliphatic imine (C=N–C) groups is 1. The molecule has 21 heavy (non-hydrogen) atoms. The van der Waals surface area contributed by atoms with Crippen molar-refractivity contribution in [1.29, 1.82) is 0 Å². The van der Waals surface area contributed by atoms with E-state index in [4.69, 9.17) is 4.74 Å². The Labute approximate surface area is 129 Å². The zero-order valence-corrected chi connectivity index (χ0v) is 12.6. The summed E-state index contributed by atoms with van der Waals surface area (Å²) in [6.07, 6.45) is 0. The molecule has 0 aliphatic carbocycles. The average Bonchev–Trinajstić information content (AvgIpc) is 3.02. The summed E-state index contributed by atoms with van der Waals surface area (Å²) in [5.41, 5.74) is 1.29. The van der Waals surface area contributed by atoms with E-state index in [2.05, 4.69) is 34.6 Å². The maximum absolute atomic E-state index is 5.67. The summed E-state index contributed by atoms with van der Waals surface area (Å²) in [6.45, 7) is 1.50. The van der Waals surface area contributed by atoms with E-state index in [9.17, 15) is 0 Å². The Morgan fingerprint density at radius 2 is 1.76 bits per heavy atom. The van der Waals surface area contributed by atoms with Crippen LogP contribution in [0.3, 0.4) is 0 Å². The molecule has 0 aromatic heterocycles. The minimum absolute atomic E-state index is 0.309. The van der Waals surface area contributed by atoms with Crippen molar-refractivity contribution in [3.05, 3.63) is 66.2 Å². The lowest BCUT2D eigenvalue weighted by atomic mass is 10.1. The van der Waals surface area contributed by atoms with Crippen molar-refractivity contribution in [2.75, 3.05) is 18.9 Å². The summed E-state index contributed by atoms with van der Waals surface area (Å²) in [6, 6.07) is 20.7. The Morgan fingerprint density at radius 1 is 1.05 bits per heavy atom. The normalized spacial score (nSPS) is 17.1. The van der Waals surface area contributed by atoms with Crippen LogP contribution in [-0.2, 0) is 0 Å². The molecule has 1 heterocycles. The van der Waals surface area contributed by atoms with Crippen molar-refractivity contribution in [3.8, 4) is 5.75 Å². The first-order chi connectivity index (χ1) is 10.4. The van der Waals surface area contributed by atoms with Crippen LogP contribution in [0.15, 0.2) is 65.7 Å². The number of ether oxygens (including phenoxy) is 1. The third kappa shape index (κ3) is 4.02. The van der Waals surface area contributed by atoms with Crippen molar-refractivity contribution in [3.63, 3.8) is 0 Å². The van der Waals surface area contributed by atoms with Gasteiger partial charge in [-0.1, -0.05) is 60.3 Å². The highest BCUT2D eigenvalue weighted by atomic mass is 32.2. The minimum Gasteiger partial charge on any atom is -0.493 e. The summed E-state index contributed by atoms with van der Waals surface area (Å²) in [5, 5.41) is 4.48. The van der Waals surface area contributed by atoms with Gasteiger partial charge in [-0.05, 0) is 17.7 Å². The van der Waals surface area contributed by atoms with Crippen molar-refractivity contribution in [1.82, 2.24) is 5.32 Å². The summed E-state index contributed by atoms with van der Waals surface area (Å²) in [5.74, 6) is 1.81. The smallest absolute Gasteiger partial charge is 0.157 e. The number of nitrogens with one attached hydrogen (secondary N) is 1. The van der Waals surface area contributed by atoms with Gasteiger partial charge in [-0.25, -0.2) is 0 Å². The van der Waals surface area contributed by atoms with Crippen LogP contribution in [0.1, 0.15) is 11.6 Å². The molecule has 2 aromatic carbocycles. The van der Waals surface area contributed by atoms with Crippen LogP contribution in [0.2, 0.25) is 0 Å². The molecule has 0 spiro atoms. The third-order valence-corrected chi connectivity index (χ3v) is 4.14. The molecule has 1 aliphatic rings. The van der Waals surface area contributed by atoms with Crippen molar-refractivity contribution in [2.24, 2.45) is 4.99 Å². The molecule has 4 heteroatoms. The van der Waals surface area contributed by atoms with Gasteiger partial charge < -0.3 is 10.1 Å². The quantitative estimate of drug-likeness (QED) is 0.858. The number of amidine groups is 1. The van der Waals surface area contributed by atoms with Crippen LogP contribution in [-0.4, -0.2) is 24.1 Å². The fourth-order valence-corrected chi connectivity index (χ4v) is 2.94. The second kappa shape index (κ2) is 7.18. The van der Waals surface area contributed by atoms with Gasteiger partial charge in [0.15, 0.2) is 5.17 Å². The van der Waals surface area contributed by atoms with Gasteiger partial charge in [-0.3, -0.25) is 4.99 Å². The second-order valence-electron chi connectivity index (χ2n) is 4.76. The lowest BCUT2D eigenvalue weighted by molar-refractivity contribution is 0.344. The van der Waals surface area contributed by atoms with Crippen LogP contribution >= 0.6 is 11.8 Å². The SMILES string of the molecule is c1ccc(OCCSC2=NCC(c3ccccc3)N2)cc1. The Hall–Kier alpha value is -1.94. The molecule has 0 saturated carbocycles. The van der Waals surface area contributed by atoms with Gasteiger partial charge in [0.05, 0.1) is 19.2 Å². The number of thioether (sulfide) groups is 1. The summed E-state index contributed by atoms with van der Waals surface area (Å²) < 4.78 is 5.67. The minimum atomic E-state index is 0.309. The van der Waals surface area contributed by atoms with Gasteiger partial charge in [0, 0.05) is 5.75 Å². The molecule has 0 saturated heterocycles. The molecule has 108 valence electrons. The molecule has 0 fully saturated rings. The third-order valence-electron chi connectivity index (χ3n) is 3.25. The van der Waals surface area contributed by atoms with E-state index in [1.165, 1.54) is 5.56 Å². The van der Waals surface area contributed by atoms with Gasteiger partial charge in [0.2, 0.25) is 0 Å². The highest BCUT2D eigenvalue weighted by Gasteiger charge is 2.18. The zero-order valence-electron chi connectivity index (χ0n) is 11.7. The van der Waals surface area contributed by atoms with E-state index in [0.717, 1.165) is 23.2 Å². The van der Waals surface area contributed by atoms with Crippen LogP contribution in [0.4, 0.5) is 0 Å². The lowest BCUT2D eigenvalue weighted by Crippen LogP contribution is -2.21. The number of hydrogen-bond acceptors (Lipinski definition) is 4. The highest BCUT2D eigenvalue weighted by Crippen LogP contribution is 2.20. The van der Waals surface area contributed by atoms with E-state index in [-0.39, 0.29) is 0 Å². The summed E-state index contributed by atoms with van der Waals surface area (Å²) >= 11 is 1.72. The van der Waals surface area contributed by atoms with Crippen LogP contribution in [0.5, 0.6) is 5.75 Å². The Morgan fingerprint density at radius 3 is 2.52 bits per heavy atom. The van der Waals surface area contributed by atoms with Gasteiger partial charge in [0.1, 0.15) is 5.75 Å². The molecule has 1 atom stereocenters. The summed E-state index contributed by atoms with van der Waals surface area (Å²) in [7, 11) is 0. The first-order valence-corrected chi connectivity index (χ1v) is 8.07. The first-order valence-electron chi connectivity index (χ1n) is 7.08. The van der Waals surface area contributed by atoms with Gasteiger partial charge in [-0.2, -0.15) is 0 Å². The molecule has 1 aliphatic heterocycles. The lowest BCUT2D eigenvalue weighted by Gasteiger charge is -2.11. The molecule has 1 unspecified atom stereocenters. The van der Waals surface area contributed by atoms with E-state index in [1.54, 1.807) is 11.8 Å². The van der Waals surface area contributed by atoms with E-state index >= 15 is 0 Å². The number of para-hydroxylation sites is 1. The monoisotopic (exact) mass is 298 g/mol. The Kier molecular flexibility index (Phi) is 4.79. The highest BCUT2D eigenvalue weighted by molar-refractivity contribution is 8.13. The molecule has 3 nitrogen and oxygen atoms in total. The predicted molar refractivity (Wildman–Crippen MR) is 89.0 cm³/mol. The average molecular weight is 298 g/mol. The fourth-order valence-electron chi connectivity index (χ4n) is 2.19. The predicted octanol–water partition coefficient (Wildman–Crippen LogP) is 3.50. The maximum atomic E-state index is 5.67. The van der Waals surface area contributed by atoms with Gasteiger partial charge in [0.25, 0.3) is 0 Å². The number of benzene rings is 2. The van der Waals surface area contributed by atoms with Gasteiger partial charge >= 0.3 is 0 Å².